The molecule has 23 heavy (non-hydrogen) atoms. The number of carbonyl (C=O) groups excluding carboxylic acids is 1. The summed E-state index contributed by atoms with van der Waals surface area (Å²) >= 11 is 0. The fraction of sp³-hybridized carbons (Fsp3) is 0.167. The molecule has 1 aromatic carbocycles. The first-order valence-electron chi connectivity index (χ1n) is 7.34. The molecule has 2 heterocycles. The molecule has 1 N–H and O–H groups in total. The lowest BCUT2D eigenvalue weighted by Crippen LogP contribution is -2.24. The van der Waals surface area contributed by atoms with Gasteiger partial charge in [-0.25, -0.2) is 4.98 Å². The number of nitrogens with zero attached hydrogens (tertiary/aromatic N) is 2. The van der Waals surface area contributed by atoms with Crippen molar-refractivity contribution in [1.29, 1.82) is 0 Å². The summed E-state index contributed by atoms with van der Waals surface area (Å²) in [6, 6.07) is 9.26. The highest BCUT2D eigenvalue weighted by Gasteiger charge is 2.12. The molecule has 1 amide bonds. The fourth-order valence-electron chi connectivity index (χ4n) is 2.26. The van der Waals surface area contributed by atoms with Gasteiger partial charge < -0.3 is 9.73 Å². The van der Waals surface area contributed by atoms with Gasteiger partial charge in [-0.3, -0.25) is 9.78 Å². The van der Waals surface area contributed by atoms with Crippen LogP contribution in [-0.4, -0.2) is 15.9 Å². The first kappa shape index (κ1) is 15.0. The quantitative estimate of drug-likeness (QED) is 0.803. The molecule has 3 rings (SSSR count). The van der Waals surface area contributed by atoms with Crippen LogP contribution in [0.25, 0.3) is 11.5 Å². The van der Waals surface area contributed by atoms with Gasteiger partial charge in [0.1, 0.15) is 5.69 Å². The smallest absolute Gasteiger partial charge is 0.251 e. The number of carbonyl (C=O) groups is 1. The molecule has 3 aromatic rings. The van der Waals surface area contributed by atoms with Gasteiger partial charge in [0.2, 0.25) is 0 Å². The molecule has 0 radical (unpaired) electrons. The Morgan fingerprint density at radius 3 is 2.70 bits per heavy atom. The van der Waals surface area contributed by atoms with Gasteiger partial charge >= 0.3 is 0 Å². The average molecular weight is 307 g/mol. The van der Waals surface area contributed by atoms with E-state index in [4.69, 9.17) is 4.42 Å². The molecule has 0 aliphatic carbocycles. The molecule has 5 heteroatoms. The number of aromatic nitrogens is 2. The van der Waals surface area contributed by atoms with E-state index >= 15 is 0 Å². The molecular weight excluding hydrogens is 290 g/mol. The van der Waals surface area contributed by atoms with Gasteiger partial charge in [-0.2, -0.15) is 0 Å². The number of aryl methyl sites for hydroxylation is 2. The van der Waals surface area contributed by atoms with Crippen molar-refractivity contribution in [3.8, 4) is 11.5 Å². The number of rotatable bonds is 4. The van der Waals surface area contributed by atoms with Crippen molar-refractivity contribution in [1.82, 2.24) is 15.3 Å². The maximum absolute atomic E-state index is 12.3. The van der Waals surface area contributed by atoms with Crippen LogP contribution in [0.4, 0.5) is 0 Å². The van der Waals surface area contributed by atoms with E-state index in [1.807, 2.05) is 38.1 Å². The molecule has 0 aliphatic heterocycles. The zero-order chi connectivity index (χ0) is 16.2. The van der Waals surface area contributed by atoms with E-state index in [1.165, 1.54) is 0 Å². The number of nitrogens with one attached hydrogen (secondary N) is 1. The number of benzene rings is 1. The maximum atomic E-state index is 12.3. The van der Waals surface area contributed by atoms with Crippen LogP contribution in [0.15, 0.2) is 53.4 Å². The molecule has 0 saturated heterocycles. The number of amides is 1. The SMILES string of the molecule is Cc1ccc(C(=O)NCc2nccnc2-c2ccco2)cc1C. The van der Waals surface area contributed by atoms with Crippen molar-refractivity contribution < 1.29 is 9.21 Å². The van der Waals surface area contributed by atoms with Crippen LogP contribution in [0, 0.1) is 13.8 Å². The molecule has 0 bridgehead atoms. The third-order valence-electron chi connectivity index (χ3n) is 3.71. The van der Waals surface area contributed by atoms with Crippen LogP contribution in [0.1, 0.15) is 27.2 Å². The Balaban J connectivity index is 1.76. The lowest BCUT2D eigenvalue weighted by atomic mass is 10.1. The summed E-state index contributed by atoms with van der Waals surface area (Å²) in [6.45, 7) is 4.30. The molecule has 0 spiro atoms. The first-order valence-corrected chi connectivity index (χ1v) is 7.34. The highest BCUT2D eigenvalue weighted by atomic mass is 16.3. The molecular formula is C18H17N3O2. The van der Waals surface area contributed by atoms with Crippen molar-refractivity contribution in [2.45, 2.75) is 20.4 Å². The minimum atomic E-state index is -0.135. The first-order chi connectivity index (χ1) is 11.1. The normalized spacial score (nSPS) is 10.5. The van der Waals surface area contributed by atoms with E-state index in [2.05, 4.69) is 15.3 Å². The molecule has 2 aromatic heterocycles. The summed E-state index contributed by atoms with van der Waals surface area (Å²) in [4.78, 5) is 20.9. The second-order valence-electron chi connectivity index (χ2n) is 5.31. The van der Waals surface area contributed by atoms with E-state index in [9.17, 15) is 4.79 Å². The molecule has 0 atom stereocenters. The van der Waals surface area contributed by atoms with Crippen LogP contribution in [0.3, 0.4) is 0 Å². The predicted octanol–water partition coefficient (Wildman–Crippen LogP) is 3.28. The topological polar surface area (TPSA) is 68.0 Å². The Kier molecular flexibility index (Phi) is 4.19. The number of hydrogen-bond acceptors (Lipinski definition) is 4. The molecule has 0 aliphatic rings. The van der Waals surface area contributed by atoms with Crippen LogP contribution < -0.4 is 5.32 Å². The Bertz CT molecular complexity index is 826. The Morgan fingerprint density at radius 2 is 1.96 bits per heavy atom. The standard InChI is InChI=1S/C18H17N3O2/c1-12-5-6-14(10-13(12)2)18(22)21-11-15-17(20-8-7-19-15)16-4-3-9-23-16/h3-10H,11H2,1-2H3,(H,21,22). The highest BCUT2D eigenvalue weighted by Crippen LogP contribution is 2.20. The minimum absolute atomic E-state index is 0.135. The Hall–Kier alpha value is -2.95. The van der Waals surface area contributed by atoms with Crippen LogP contribution in [0.2, 0.25) is 0 Å². The lowest BCUT2D eigenvalue weighted by Gasteiger charge is -2.08. The lowest BCUT2D eigenvalue weighted by molar-refractivity contribution is 0.0950. The van der Waals surface area contributed by atoms with Gasteiger partial charge in [-0.1, -0.05) is 6.07 Å². The molecule has 0 unspecified atom stereocenters. The Labute approximate surface area is 134 Å². The minimum Gasteiger partial charge on any atom is -0.463 e. The summed E-state index contributed by atoms with van der Waals surface area (Å²) < 4.78 is 5.37. The van der Waals surface area contributed by atoms with Crippen molar-refractivity contribution in [3.05, 3.63) is 71.4 Å². The number of hydrogen-bond donors (Lipinski definition) is 1. The predicted molar refractivity (Wildman–Crippen MR) is 86.8 cm³/mol. The fourth-order valence-corrected chi connectivity index (χ4v) is 2.26. The van der Waals surface area contributed by atoms with E-state index in [1.54, 1.807) is 24.7 Å². The monoisotopic (exact) mass is 307 g/mol. The van der Waals surface area contributed by atoms with E-state index in [-0.39, 0.29) is 12.5 Å². The van der Waals surface area contributed by atoms with Gasteiger partial charge in [0.25, 0.3) is 5.91 Å². The van der Waals surface area contributed by atoms with Gasteiger partial charge in [0.05, 0.1) is 18.5 Å². The van der Waals surface area contributed by atoms with Gasteiger partial charge in [0, 0.05) is 18.0 Å². The second kappa shape index (κ2) is 6.44. The van der Waals surface area contributed by atoms with Crippen LogP contribution in [-0.2, 0) is 6.54 Å². The van der Waals surface area contributed by atoms with Gasteiger partial charge in [0.15, 0.2) is 5.76 Å². The summed E-state index contributed by atoms with van der Waals surface area (Å²) in [5, 5.41) is 2.88. The largest absolute Gasteiger partial charge is 0.463 e. The number of furan rings is 1. The summed E-state index contributed by atoms with van der Waals surface area (Å²) in [5.74, 6) is 0.498. The van der Waals surface area contributed by atoms with Gasteiger partial charge in [-0.05, 0) is 49.2 Å². The van der Waals surface area contributed by atoms with Crippen LogP contribution in [0.5, 0.6) is 0 Å². The third kappa shape index (κ3) is 3.29. The molecule has 0 saturated carbocycles. The summed E-state index contributed by atoms with van der Waals surface area (Å²) in [7, 11) is 0. The average Bonchev–Trinajstić information content (AvgIpc) is 3.10. The van der Waals surface area contributed by atoms with Crippen molar-refractivity contribution in [2.75, 3.05) is 0 Å². The zero-order valence-corrected chi connectivity index (χ0v) is 13.0. The molecule has 5 nitrogen and oxygen atoms in total. The summed E-state index contributed by atoms with van der Waals surface area (Å²) in [5.41, 5.74) is 4.19. The van der Waals surface area contributed by atoms with E-state index < -0.39 is 0 Å². The van der Waals surface area contributed by atoms with Crippen molar-refractivity contribution in [2.24, 2.45) is 0 Å². The highest BCUT2D eigenvalue weighted by molar-refractivity contribution is 5.94. The van der Waals surface area contributed by atoms with E-state index in [0.717, 1.165) is 11.1 Å². The van der Waals surface area contributed by atoms with Crippen molar-refractivity contribution >= 4 is 5.91 Å². The summed E-state index contributed by atoms with van der Waals surface area (Å²) in [6.07, 6.45) is 4.79. The zero-order valence-electron chi connectivity index (χ0n) is 13.0. The van der Waals surface area contributed by atoms with Crippen molar-refractivity contribution in [3.63, 3.8) is 0 Å². The molecule has 0 fully saturated rings. The molecule has 116 valence electrons. The maximum Gasteiger partial charge on any atom is 0.251 e. The second-order valence-corrected chi connectivity index (χ2v) is 5.31. The Morgan fingerprint density at radius 1 is 1.13 bits per heavy atom. The third-order valence-corrected chi connectivity index (χ3v) is 3.71. The van der Waals surface area contributed by atoms with Gasteiger partial charge in [-0.15, -0.1) is 0 Å². The van der Waals surface area contributed by atoms with Crippen LogP contribution >= 0.6 is 0 Å². The van der Waals surface area contributed by atoms with E-state index in [0.29, 0.717) is 22.7 Å².